The SMILES string of the molecule is CN(C)C(=N)c1cc(Cl)c(Oc2cnc3c(n2)c(I)cn3COCC[Si](C)(C)C)c(Cl)c1. The zero-order valence-electron chi connectivity index (χ0n) is 18.7. The van der Waals surface area contributed by atoms with Crippen LogP contribution in [-0.2, 0) is 11.5 Å². The molecule has 172 valence electrons. The van der Waals surface area contributed by atoms with Gasteiger partial charge in [-0.15, -0.1) is 0 Å². The van der Waals surface area contributed by atoms with Crippen LogP contribution < -0.4 is 4.74 Å². The normalized spacial score (nSPS) is 11.8. The van der Waals surface area contributed by atoms with Gasteiger partial charge < -0.3 is 18.9 Å². The van der Waals surface area contributed by atoms with E-state index in [0.29, 0.717) is 28.2 Å². The van der Waals surface area contributed by atoms with Crippen molar-refractivity contribution in [3.8, 4) is 11.6 Å². The molecule has 0 bridgehead atoms. The highest BCUT2D eigenvalue weighted by atomic mass is 127. The number of rotatable bonds is 8. The van der Waals surface area contributed by atoms with Gasteiger partial charge in [0.05, 0.1) is 19.8 Å². The molecule has 1 aromatic carbocycles. The molecular weight excluding hydrogens is 580 g/mol. The molecule has 1 N–H and O–H groups in total. The summed E-state index contributed by atoms with van der Waals surface area (Å²) in [4.78, 5) is 10.8. The molecule has 0 unspecified atom stereocenters. The predicted molar refractivity (Wildman–Crippen MR) is 141 cm³/mol. The third-order valence-electron chi connectivity index (χ3n) is 4.65. The Morgan fingerprint density at radius 2 is 1.88 bits per heavy atom. The zero-order valence-corrected chi connectivity index (χ0v) is 23.3. The fourth-order valence-corrected chi connectivity index (χ4v) is 4.86. The second-order valence-electron chi connectivity index (χ2n) is 8.79. The Bertz CT molecular complexity index is 1120. The molecule has 3 aromatic rings. The Balaban J connectivity index is 1.80. The van der Waals surface area contributed by atoms with Crippen molar-refractivity contribution >= 4 is 70.9 Å². The maximum Gasteiger partial charge on any atom is 0.238 e. The van der Waals surface area contributed by atoms with Gasteiger partial charge in [-0.25, -0.2) is 9.97 Å². The summed E-state index contributed by atoms with van der Waals surface area (Å²) < 4.78 is 14.6. The molecule has 0 fully saturated rings. The minimum atomic E-state index is -1.13. The lowest BCUT2D eigenvalue weighted by Gasteiger charge is -2.16. The van der Waals surface area contributed by atoms with Gasteiger partial charge in [0.15, 0.2) is 11.4 Å². The first-order chi connectivity index (χ1) is 15.0. The van der Waals surface area contributed by atoms with Gasteiger partial charge >= 0.3 is 0 Å². The van der Waals surface area contributed by atoms with E-state index in [4.69, 9.17) is 38.1 Å². The summed E-state index contributed by atoms with van der Waals surface area (Å²) in [7, 11) is 2.43. The lowest BCUT2D eigenvalue weighted by molar-refractivity contribution is 0.0898. The van der Waals surface area contributed by atoms with Crippen LogP contribution in [0.5, 0.6) is 11.6 Å². The van der Waals surface area contributed by atoms with Crippen molar-refractivity contribution in [3.63, 3.8) is 0 Å². The standard InChI is InChI=1S/C21H26Cl2IN5O2Si/c1-28(2)20(25)13-8-14(22)19(15(23)9-13)31-17-10-26-21-18(27-17)16(24)11-29(21)12-30-6-7-32(3,4)5/h8-11,25H,6-7,12H2,1-5H3. The molecular formula is C21H26Cl2IN5O2Si. The van der Waals surface area contributed by atoms with E-state index < -0.39 is 8.07 Å². The second-order valence-corrected chi connectivity index (χ2v) is 16.4. The molecule has 0 spiro atoms. The number of halogens is 3. The largest absolute Gasteiger partial charge is 0.434 e. The van der Waals surface area contributed by atoms with Gasteiger partial charge in [0.1, 0.15) is 18.1 Å². The van der Waals surface area contributed by atoms with Gasteiger partial charge in [0.25, 0.3) is 0 Å². The molecule has 32 heavy (non-hydrogen) atoms. The number of ether oxygens (including phenoxy) is 2. The minimum absolute atomic E-state index is 0.279. The van der Waals surface area contributed by atoms with E-state index >= 15 is 0 Å². The van der Waals surface area contributed by atoms with E-state index in [2.05, 4.69) is 52.2 Å². The monoisotopic (exact) mass is 605 g/mol. The third kappa shape index (κ3) is 6.13. The van der Waals surface area contributed by atoms with Crippen LogP contribution in [0.4, 0.5) is 0 Å². The average Bonchev–Trinajstić information content (AvgIpc) is 3.01. The first-order valence-corrected chi connectivity index (χ1v) is 15.5. The predicted octanol–water partition coefficient (Wildman–Crippen LogP) is 6.33. The molecule has 0 aliphatic rings. The Morgan fingerprint density at radius 1 is 1.22 bits per heavy atom. The molecule has 2 heterocycles. The highest BCUT2D eigenvalue weighted by molar-refractivity contribution is 14.1. The Hall–Kier alpha value is -1.40. The summed E-state index contributed by atoms with van der Waals surface area (Å²) in [5, 5.41) is 8.70. The number of amidine groups is 1. The Morgan fingerprint density at radius 3 is 2.47 bits per heavy atom. The quantitative estimate of drug-likeness (QED) is 0.107. The van der Waals surface area contributed by atoms with Crippen LogP contribution in [0.1, 0.15) is 5.56 Å². The maximum absolute atomic E-state index is 8.11. The molecule has 3 rings (SSSR count). The van der Waals surface area contributed by atoms with Crippen molar-refractivity contribution < 1.29 is 9.47 Å². The smallest absolute Gasteiger partial charge is 0.238 e. The molecule has 0 aliphatic carbocycles. The first kappa shape index (κ1) is 25.2. The fourth-order valence-electron chi connectivity index (χ4n) is 2.84. The topological polar surface area (TPSA) is 76.3 Å². The number of hydrogen-bond acceptors (Lipinski definition) is 5. The van der Waals surface area contributed by atoms with Crippen LogP contribution in [0.15, 0.2) is 24.5 Å². The number of nitrogens with one attached hydrogen (secondary N) is 1. The Kier molecular flexibility index (Phi) is 8.08. The molecule has 11 heteroatoms. The van der Waals surface area contributed by atoms with Crippen molar-refractivity contribution in [1.29, 1.82) is 5.41 Å². The molecule has 0 saturated carbocycles. The van der Waals surface area contributed by atoms with Gasteiger partial charge in [0, 0.05) is 40.5 Å². The van der Waals surface area contributed by atoms with Crippen molar-refractivity contribution in [2.45, 2.75) is 32.4 Å². The van der Waals surface area contributed by atoms with Crippen LogP contribution in [-0.4, -0.2) is 54.0 Å². The number of benzene rings is 1. The lowest BCUT2D eigenvalue weighted by atomic mass is 10.2. The minimum Gasteiger partial charge on any atom is -0.434 e. The van der Waals surface area contributed by atoms with Gasteiger partial charge in [-0.1, -0.05) is 42.8 Å². The molecule has 0 amide bonds. The molecule has 2 aromatic heterocycles. The van der Waals surface area contributed by atoms with Crippen LogP contribution in [0, 0.1) is 8.98 Å². The number of fused-ring (bicyclic) bond motifs is 1. The van der Waals surface area contributed by atoms with E-state index in [1.165, 1.54) is 0 Å². The van der Waals surface area contributed by atoms with E-state index in [9.17, 15) is 0 Å². The fraction of sp³-hybridized carbons (Fsp3) is 0.381. The Labute approximate surface area is 212 Å². The molecule has 0 saturated heterocycles. The molecule has 0 aliphatic heterocycles. The van der Waals surface area contributed by atoms with Crippen LogP contribution in [0.2, 0.25) is 35.7 Å². The number of hydrogen-bond donors (Lipinski definition) is 1. The van der Waals surface area contributed by atoms with Crippen molar-refractivity contribution in [1.82, 2.24) is 19.4 Å². The van der Waals surface area contributed by atoms with Crippen molar-refractivity contribution in [2.24, 2.45) is 0 Å². The van der Waals surface area contributed by atoms with Gasteiger partial charge in [-0.05, 0) is 40.8 Å². The molecule has 0 atom stereocenters. The summed E-state index contributed by atoms with van der Waals surface area (Å²) in [5.41, 5.74) is 2.04. The van der Waals surface area contributed by atoms with E-state index in [1.54, 1.807) is 37.3 Å². The van der Waals surface area contributed by atoms with Gasteiger partial charge in [-0.3, -0.25) is 5.41 Å². The average molecular weight is 606 g/mol. The molecule has 0 radical (unpaired) electrons. The summed E-state index contributed by atoms with van der Waals surface area (Å²) in [6.45, 7) is 8.15. The van der Waals surface area contributed by atoms with Crippen LogP contribution in [0.25, 0.3) is 11.2 Å². The summed E-state index contributed by atoms with van der Waals surface area (Å²) in [5.74, 6) is 0.859. The van der Waals surface area contributed by atoms with E-state index in [0.717, 1.165) is 27.4 Å². The number of aromatic nitrogens is 3. The summed E-state index contributed by atoms with van der Waals surface area (Å²) in [6, 6.07) is 4.41. The lowest BCUT2D eigenvalue weighted by Crippen LogP contribution is -2.22. The highest BCUT2D eigenvalue weighted by Gasteiger charge is 2.17. The van der Waals surface area contributed by atoms with Crippen LogP contribution in [0.3, 0.4) is 0 Å². The summed E-state index contributed by atoms with van der Waals surface area (Å²) >= 11 is 15.0. The van der Waals surface area contributed by atoms with Crippen molar-refractivity contribution in [2.75, 3.05) is 20.7 Å². The zero-order chi connectivity index (χ0) is 23.6. The summed E-state index contributed by atoms with van der Waals surface area (Å²) in [6.07, 6.45) is 3.50. The number of nitrogens with zero attached hydrogens (tertiary/aromatic N) is 4. The second kappa shape index (κ2) is 10.2. The van der Waals surface area contributed by atoms with Crippen LogP contribution >= 0.6 is 45.8 Å². The van der Waals surface area contributed by atoms with Gasteiger partial charge in [0.2, 0.25) is 5.88 Å². The first-order valence-electron chi connectivity index (χ1n) is 9.98. The highest BCUT2D eigenvalue weighted by Crippen LogP contribution is 2.37. The van der Waals surface area contributed by atoms with E-state index in [-0.39, 0.29) is 11.6 Å². The molecule has 7 nitrogen and oxygen atoms in total. The van der Waals surface area contributed by atoms with Gasteiger partial charge in [-0.2, -0.15) is 0 Å². The third-order valence-corrected chi connectivity index (χ3v) is 7.71. The maximum atomic E-state index is 8.11. The van der Waals surface area contributed by atoms with Crippen molar-refractivity contribution in [3.05, 3.63) is 43.7 Å². The van der Waals surface area contributed by atoms with E-state index in [1.807, 2.05) is 10.8 Å².